The Morgan fingerprint density at radius 2 is 1.78 bits per heavy atom. The molecule has 0 saturated carbocycles. The molecule has 2 aliphatic rings. The van der Waals surface area contributed by atoms with E-state index >= 15 is 0 Å². The number of para-hydroxylation sites is 1. The van der Waals surface area contributed by atoms with Crippen LogP contribution in [0.3, 0.4) is 0 Å². The molecule has 1 amide bonds. The summed E-state index contributed by atoms with van der Waals surface area (Å²) in [7, 11) is 0. The van der Waals surface area contributed by atoms with Crippen molar-refractivity contribution in [3.05, 3.63) is 65.2 Å². The van der Waals surface area contributed by atoms with Gasteiger partial charge in [0, 0.05) is 17.5 Å². The number of amides is 1. The van der Waals surface area contributed by atoms with Crippen LogP contribution in [0.4, 0.5) is 5.69 Å². The molecule has 3 heteroatoms. The second kappa shape index (κ2) is 3.00. The standard InChI is InChI=1S/C15H11NO2/c17-14-11-6-2-3-7-12(11)15(18)9-10-5-1-4-8-13(10)16(14)15/h1-8,18H,9H2. The van der Waals surface area contributed by atoms with Gasteiger partial charge in [-0.25, -0.2) is 0 Å². The third-order valence-electron chi connectivity index (χ3n) is 3.83. The first-order valence-electron chi connectivity index (χ1n) is 5.96. The van der Waals surface area contributed by atoms with Crippen LogP contribution in [0.15, 0.2) is 48.5 Å². The Balaban J connectivity index is 2.01. The van der Waals surface area contributed by atoms with Crippen LogP contribution in [0.2, 0.25) is 0 Å². The van der Waals surface area contributed by atoms with Gasteiger partial charge in [0.2, 0.25) is 0 Å². The number of anilines is 1. The van der Waals surface area contributed by atoms with E-state index in [4.69, 9.17) is 0 Å². The van der Waals surface area contributed by atoms with Gasteiger partial charge in [-0.05, 0) is 17.7 Å². The van der Waals surface area contributed by atoms with E-state index in [0.29, 0.717) is 17.5 Å². The van der Waals surface area contributed by atoms with Crippen molar-refractivity contribution in [3.63, 3.8) is 0 Å². The van der Waals surface area contributed by atoms with Crippen molar-refractivity contribution in [2.75, 3.05) is 4.90 Å². The highest BCUT2D eigenvalue weighted by atomic mass is 16.3. The summed E-state index contributed by atoms with van der Waals surface area (Å²) in [6.07, 6.45) is 0.464. The first-order valence-corrected chi connectivity index (χ1v) is 5.96. The quantitative estimate of drug-likeness (QED) is 0.761. The smallest absolute Gasteiger partial charge is 0.261 e. The molecule has 1 atom stereocenters. The number of carbonyl (C=O) groups excluding carboxylic acids is 1. The average Bonchev–Trinajstić information content (AvgIpc) is 2.81. The fourth-order valence-corrected chi connectivity index (χ4v) is 3.05. The summed E-state index contributed by atoms with van der Waals surface area (Å²) in [4.78, 5) is 13.9. The van der Waals surface area contributed by atoms with E-state index in [1.807, 2.05) is 42.5 Å². The molecule has 0 radical (unpaired) electrons. The molecule has 1 unspecified atom stereocenters. The van der Waals surface area contributed by atoms with Gasteiger partial charge in [0.15, 0.2) is 5.72 Å². The highest BCUT2D eigenvalue weighted by Crippen LogP contribution is 2.49. The minimum atomic E-state index is -1.20. The molecule has 2 heterocycles. The van der Waals surface area contributed by atoms with Crippen molar-refractivity contribution < 1.29 is 9.90 Å². The Hall–Kier alpha value is -2.13. The molecular weight excluding hydrogens is 226 g/mol. The minimum Gasteiger partial charge on any atom is -0.366 e. The highest BCUT2D eigenvalue weighted by Gasteiger charge is 2.53. The van der Waals surface area contributed by atoms with E-state index in [1.54, 1.807) is 6.07 Å². The fraction of sp³-hybridized carbons (Fsp3) is 0.133. The molecule has 0 bridgehead atoms. The van der Waals surface area contributed by atoms with Crippen molar-refractivity contribution in [2.45, 2.75) is 12.1 Å². The van der Waals surface area contributed by atoms with Gasteiger partial charge in [-0.1, -0.05) is 36.4 Å². The number of aliphatic hydroxyl groups is 1. The lowest BCUT2D eigenvalue weighted by Gasteiger charge is -2.26. The molecular formula is C15H11NO2. The van der Waals surface area contributed by atoms with E-state index < -0.39 is 5.72 Å². The Morgan fingerprint density at radius 1 is 1.06 bits per heavy atom. The van der Waals surface area contributed by atoms with E-state index in [9.17, 15) is 9.90 Å². The third-order valence-corrected chi connectivity index (χ3v) is 3.83. The van der Waals surface area contributed by atoms with Gasteiger partial charge in [0.1, 0.15) is 0 Å². The number of hydrogen-bond acceptors (Lipinski definition) is 2. The molecule has 18 heavy (non-hydrogen) atoms. The van der Waals surface area contributed by atoms with Crippen molar-refractivity contribution in [1.29, 1.82) is 0 Å². The SMILES string of the molecule is O=C1c2ccccc2C2(O)Cc3ccccc3N12. The second-order valence-corrected chi connectivity index (χ2v) is 4.81. The van der Waals surface area contributed by atoms with Gasteiger partial charge in [0.25, 0.3) is 5.91 Å². The maximum absolute atomic E-state index is 12.4. The normalized spacial score (nSPS) is 23.8. The maximum atomic E-state index is 12.4. The third kappa shape index (κ3) is 0.962. The van der Waals surface area contributed by atoms with E-state index in [0.717, 1.165) is 11.3 Å². The van der Waals surface area contributed by atoms with Crippen molar-refractivity contribution in [3.8, 4) is 0 Å². The largest absolute Gasteiger partial charge is 0.366 e. The van der Waals surface area contributed by atoms with Crippen LogP contribution in [0.1, 0.15) is 21.5 Å². The lowest BCUT2D eigenvalue weighted by molar-refractivity contribution is 0.0476. The van der Waals surface area contributed by atoms with Crippen LogP contribution in [0, 0.1) is 0 Å². The molecule has 2 aromatic carbocycles. The summed E-state index contributed by atoms with van der Waals surface area (Å²) in [5.41, 5.74) is 1.96. The van der Waals surface area contributed by atoms with Gasteiger partial charge in [-0.2, -0.15) is 0 Å². The first kappa shape index (κ1) is 9.85. The molecule has 3 nitrogen and oxygen atoms in total. The van der Waals surface area contributed by atoms with Crippen molar-refractivity contribution in [2.24, 2.45) is 0 Å². The van der Waals surface area contributed by atoms with Crippen LogP contribution in [0.5, 0.6) is 0 Å². The molecule has 2 aromatic rings. The molecule has 1 N–H and O–H groups in total. The van der Waals surface area contributed by atoms with Crippen LogP contribution in [-0.4, -0.2) is 11.0 Å². The predicted molar refractivity (Wildman–Crippen MR) is 67.3 cm³/mol. The zero-order valence-electron chi connectivity index (χ0n) is 9.63. The lowest BCUT2D eigenvalue weighted by atomic mass is 9.97. The Labute approximate surface area is 104 Å². The van der Waals surface area contributed by atoms with Crippen molar-refractivity contribution >= 4 is 11.6 Å². The average molecular weight is 237 g/mol. The molecule has 2 aliphatic heterocycles. The van der Waals surface area contributed by atoms with Gasteiger partial charge in [-0.15, -0.1) is 0 Å². The number of rotatable bonds is 0. The monoisotopic (exact) mass is 237 g/mol. The molecule has 0 aromatic heterocycles. The number of hydrogen-bond donors (Lipinski definition) is 1. The van der Waals surface area contributed by atoms with Gasteiger partial charge in [-0.3, -0.25) is 9.69 Å². The zero-order chi connectivity index (χ0) is 12.3. The molecule has 88 valence electrons. The number of benzene rings is 2. The Kier molecular flexibility index (Phi) is 1.64. The Bertz CT molecular complexity index is 680. The molecule has 0 spiro atoms. The molecule has 0 saturated heterocycles. The highest BCUT2D eigenvalue weighted by molar-refractivity contribution is 6.13. The predicted octanol–water partition coefficient (Wildman–Crippen LogP) is 2.05. The van der Waals surface area contributed by atoms with Crippen LogP contribution >= 0.6 is 0 Å². The topological polar surface area (TPSA) is 40.5 Å². The summed E-state index contributed by atoms with van der Waals surface area (Å²) >= 11 is 0. The van der Waals surface area contributed by atoms with E-state index in [2.05, 4.69) is 0 Å². The molecule has 4 rings (SSSR count). The summed E-state index contributed by atoms with van der Waals surface area (Å²) in [6, 6.07) is 15.0. The summed E-state index contributed by atoms with van der Waals surface area (Å²) in [5.74, 6) is -0.113. The van der Waals surface area contributed by atoms with Crippen LogP contribution < -0.4 is 4.90 Å². The van der Waals surface area contributed by atoms with E-state index in [-0.39, 0.29) is 5.91 Å². The zero-order valence-corrected chi connectivity index (χ0v) is 9.63. The second-order valence-electron chi connectivity index (χ2n) is 4.81. The summed E-state index contributed by atoms with van der Waals surface area (Å²) < 4.78 is 0. The first-order chi connectivity index (χ1) is 8.72. The Morgan fingerprint density at radius 3 is 2.67 bits per heavy atom. The lowest BCUT2D eigenvalue weighted by Crippen LogP contribution is -2.41. The van der Waals surface area contributed by atoms with Crippen LogP contribution in [-0.2, 0) is 12.1 Å². The molecule has 0 fully saturated rings. The van der Waals surface area contributed by atoms with Crippen LogP contribution in [0.25, 0.3) is 0 Å². The van der Waals surface area contributed by atoms with Gasteiger partial charge >= 0.3 is 0 Å². The number of fused-ring (bicyclic) bond motifs is 5. The van der Waals surface area contributed by atoms with Crippen molar-refractivity contribution in [1.82, 2.24) is 0 Å². The summed E-state index contributed by atoms with van der Waals surface area (Å²) in [5, 5.41) is 10.9. The van der Waals surface area contributed by atoms with Gasteiger partial charge < -0.3 is 5.11 Å². The maximum Gasteiger partial charge on any atom is 0.261 e. The van der Waals surface area contributed by atoms with E-state index in [1.165, 1.54) is 4.90 Å². The summed E-state index contributed by atoms with van der Waals surface area (Å²) in [6.45, 7) is 0. The fourth-order valence-electron chi connectivity index (χ4n) is 3.05. The minimum absolute atomic E-state index is 0.113. The molecule has 0 aliphatic carbocycles. The number of nitrogens with zero attached hydrogens (tertiary/aromatic N) is 1. The van der Waals surface area contributed by atoms with Gasteiger partial charge in [0.05, 0.1) is 5.69 Å². The number of carbonyl (C=O) groups is 1.